The first kappa shape index (κ1) is 39.4. The third kappa shape index (κ3) is 11.2. The highest BCUT2D eigenvalue weighted by Crippen LogP contribution is 2.38. The average Bonchev–Trinajstić information content (AvgIpc) is 3.32. The highest BCUT2D eigenvalue weighted by molar-refractivity contribution is 6.17. The molecule has 1 aromatic carbocycles. The molecule has 0 bridgehead atoms. The van der Waals surface area contributed by atoms with Gasteiger partial charge in [-0.3, -0.25) is 14.5 Å². The minimum atomic E-state index is -1.07. The molecule has 46 heavy (non-hydrogen) atoms. The Balaban J connectivity index is 2.36. The topological polar surface area (TPSA) is 150 Å². The van der Waals surface area contributed by atoms with Gasteiger partial charge in [0, 0.05) is 44.9 Å². The Morgan fingerprint density at radius 2 is 1.78 bits per heavy atom. The van der Waals surface area contributed by atoms with Gasteiger partial charge in [-0.1, -0.05) is 33.8 Å². The lowest BCUT2D eigenvalue weighted by molar-refractivity contribution is -0.130. The molecule has 1 unspecified atom stereocenters. The van der Waals surface area contributed by atoms with Crippen LogP contribution in [0.15, 0.2) is 18.2 Å². The fraction of sp³-hybridized carbons (Fsp3) is 0.735. The lowest BCUT2D eigenvalue weighted by Gasteiger charge is -2.33. The zero-order chi connectivity index (χ0) is 34.6. The normalized spacial score (nSPS) is 19.7. The Morgan fingerprint density at radius 3 is 2.33 bits per heavy atom. The van der Waals surface area contributed by atoms with Crippen molar-refractivity contribution in [2.75, 3.05) is 39.9 Å². The summed E-state index contributed by atoms with van der Waals surface area (Å²) in [7, 11) is 3.26. The first-order valence-electron chi connectivity index (χ1n) is 16.3. The number of nitrogens with zero attached hydrogens (tertiary/aromatic N) is 1. The molecule has 2 rings (SSSR count). The van der Waals surface area contributed by atoms with Crippen LogP contribution in [0.5, 0.6) is 11.5 Å². The second-order valence-corrected chi connectivity index (χ2v) is 13.9. The number of carboxylic acid groups (broad SMARTS) is 1. The molecule has 1 aromatic rings. The Kier molecular flexibility index (Phi) is 15.9. The Labute approximate surface area is 279 Å². The Bertz CT molecular complexity index is 1130. The summed E-state index contributed by atoms with van der Waals surface area (Å²) >= 11 is 6.09. The van der Waals surface area contributed by atoms with Crippen LogP contribution in [0.1, 0.15) is 72.8 Å². The van der Waals surface area contributed by atoms with Crippen LogP contribution in [0, 0.1) is 29.1 Å². The smallest absolute Gasteiger partial charge is 0.409 e. The Morgan fingerprint density at radius 1 is 1.09 bits per heavy atom. The van der Waals surface area contributed by atoms with Gasteiger partial charge < -0.3 is 35.1 Å². The van der Waals surface area contributed by atoms with Gasteiger partial charge in [0.2, 0.25) is 11.8 Å². The van der Waals surface area contributed by atoms with E-state index in [1.807, 2.05) is 32.0 Å². The van der Waals surface area contributed by atoms with Crippen molar-refractivity contribution in [1.29, 1.82) is 0 Å². The van der Waals surface area contributed by atoms with Gasteiger partial charge >= 0.3 is 6.09 Å². The molecular formula is C34H56ClN3O8. The third-order valence-electron chi connectivity index (χ3n) is 8.97. The molecule has 5 atom stereocenters. The molecule has 0 aromatic heterocycles. The van der Waals surface area contributed by atoms with E-state index in [0.29, 0.717) is 50.4 Å². The number of methoxy groups -OCH3 is 2. The summed E-state index contributed by atoms with van der Waals surface area (Å²) in [5, 5.41) is 13.3. The van der Waals surface area contributed by atoms with Crippen LogP contribution in [0.4, 0.5) is 4.79 Å². The van der Waals surface area contributed by atoms with Gasteiger partial charge in [-0.05, 0) is 68.6 Å². The fourth-order valence-electron chi connectivity index (χ4n) is 5.80. The number of carbonyl (C=O) groups is 3. The number of rotatable bonds is 20. The van der Waals surface area contributed by atoms with Gasteiger partial charge in [-0.25, -0.2) is 4.79 Å². The Hall–Kier alpha value is -2.76. The van der Waals surface area contributed by atoms with Gasteiger partial charge in [-0.15, -0.1) is 11.6 Å². The number of hydrogen-bond acceptors (Lipinski definition) is 7. The minimum absolute atomic E-state index is 0.0613. The number of halogens is 1. The van der Waals surface area contributed by atoms with Crippen molar-refractivity contribution in [2.45, 2.75) is 92.0 Å². The van der Waals surface area contributed by atoms with E-state index in [1.165, 1.54) is 4.90 Å². The van der Waals surface area contributed by atoms with Gasteiger partial charge in [0.1, 0.15) is 6.23 Å². The van der Waals surface area contributed by atoms with Crippen LogP contribution in [0.2, 0.25) is 0 Å². The summed E-state index contributed by atoms with van der Waals surface area (Å²) in [6, 6.07) is 5.40. The number of hydrogen-bond donors (Lipinski definition) is 3. The number of carbonyl (C=O) groups excluding carboxylic acids is 2. The average molecular weight is 670 g/mol. The quantitative estimate of drug-likeness (QED) is 0.125. The lowest BCUT2D eigenvalue weighted by Crippen LogP contribution is -2.47. The molecule has 0 aliphatic carbocycles. The van der Waals surface area contributed by atoms with Gasteiger partial charge in [0.15, 0.2) is 11.5 Å². The predicted octanol–water partition coefficient (Wildman–Crippen LogP) is 5.31. The standard InChI is InChI=1S/C34H56ClN3O8/c1-21(2)24(16-23-10-11-27(44-8)29(17-23)45-15-9-14-43-7)18-26-28(46-30(12-13-35)38(26)33(41)42)19-25(22(3)4)31(39)37-20-34(5,6)32(36)40/h10-11,17,21-22,24-26,28,30H,9,12-16,18-20H2,1-8H3,(H2,36,40)(H,37,39)(H,41,42)/t24-,25-,26-,28-,30?/m0/s1. The number of alkyl halides is 1. The third-order valence-corrected chi connectivity index (χ3v) is 9.19. The summed E-state index contributed by atoms with van der Waals surface area (Å²) in [4.78, 5) is 39.3. The molecule has 262 valence electrons. The fourth-order valence-corrected chi connectivity index (χ4v) is 5.99. The highest BCUT2D eigenvalue weighted by atomic mass is 35.5. The largest absolute Gasteiger partial charge is 0.493 e. The van der Waals surface area contributed by atoms with Crippen molar-refractivity contribution in [3.8, 4) is 11.5 Å². The lowest BCUT2D eigenvalue weighted by atomic mass is 9.80. The van der Waals surface area contributed by atoms with Crippen LogP contribution < -0.4 is 20.5 Å². The number of nitrogens with one attached hydrogen (secondary N) is 1. The van der Waals surface area contributed by atoms with E-state index in [1.54, 1.807) is 28.1 Å². The number of primary amides is 1. The first-order chi connectivity index (χ1) is 21.7. The van der Waals surface area contributed by atoms with Gasteiger partial charge in [-0.2, -0.15) is 0 Å². The molecule has 1 fully saturated rings. The van der Waals surface area contributed by atoms with Crippen molar-refractivity contribution in [1.82, 2.24) is 10.2 Å². The molecule has 1 aliphatic rings. The van der Waals surface area contributed by atoms with Crippen molar-refractivity contribution >= 4 is 29.5 Å². The molecule has 0 radical (unpaired) electrons. The van der Waals surface area contributed by atoms with Crippen LogP contribution in [0.3, 0.4) is 0 Å². The summed E-state index contributed by atoms with van der Waals surface area (Å²) in [5.74, 6) is 0.581. The van der Waals surface area contributed by atoms with Crippen molar-refractivity contribution in [3.63, 3.8) is 0 Å². The van der Waals surface area contributed by atoms with E-state index >= 15 is 0 Å². The zero-order valence-electron chi connectivity index (χ0n) is 28.8. The maximum atomic E-state index is 13.4. The monoisotopic (exact) mass is 669 g/mol. The molecule has 12 heteroatoms. The predicted molar refractivity (Wildman–Crippen MR) is 178 cm³/mol. The molecule has 1 saturated heterocycles. The van der Waals surface area contributed by atoms with Crippen molar-refractivity contribution in [2.24, 2.45) is 34.8 Å². The molecule has 3 amide bonds. The summed E-state index contributed by atoms with van der Waals surface area (Å²) in [5.41, 5.74) is 5.65. The second-order valence-electron chi connectivity index (χ2n) is 13.5. The van der Waals surface area contributed by atoms with Crippen molar-refractivity contribution in [3.05, 3.63) is 23.8 Å². The van der Waals surface area contributed by atoms with E-state index in [9.17, 15) is 19.5 Å². The number of ether oxygens (including phenoxy) is 4. The summed E-state index contributed by atoms with van der Waals surface area (Å²) in [6.07, 6.45) is 0.304. The second kappa shape index (κ2) is 18.5. The SMILES string of the molecule is COCCCOc1cc(C[C@@H](C[C@H]2[C@H](C[C@H](C(=O)NCC(C)(C)C(N)=O)C(C)C)OC(CCCl)N2C(=O)O)C(C)C)ccc1OC. The molecule has 0 spiro atoms. The maximum absolute atomic E-state index is 13.4. The maximum Gasteiger partial charge on any atom is 0.409 e. The van der Waals surface area contributed by atoms with Crippen molar-refractivity contribution < 1.29 is 38.4 Å². The molecule has 11 nitrogen and oxygen atoms in total. The molecule has 1 aliphatic heterocycles. The van der Waals surface area contributed by atoms with Crippen LogP contribution in [0.25, 0.3) is 0 Å². The van der Waals surface area contributed by atoms with Gasteiger partial charge in [0.05, 0.1) is 31.3 Å². The zero-order valence-corrected chi connectivity index (χ0v) is 29.6. The molecule has 1 heterocycles. The molecule has 0 saturated carbocycles. The van der Waals surface area contributed by atoms with E-state index in [-0.39, 0.29) is 36.1 Å². The van der Waals surface area contributed by atoms with E-state index in [2.05, 4.69) is 19.2 Å². The minimum Gasteiger partial charge on any atom is -0.493 e. The van der Waals surface area contributed by atoms with E-state index in [4.69, 9.17) is 36.3 Å². The molecule has 4 N–H and O–H groups in total. The van der Waals surface area contributed by atoms with Crippen LogP contribution in [-0.2, 0) is 25.5 Å². The molecular weight excluding hydrogens is 614 g/mol. The van der Waals surface area contributed by atoms with E-state index in [0.717, 1.165) is 12.0 Å². The number of amides is 3. The van der Waals surface area contributed by atoms with E-state index < -0.39 is 41.7 Å². The number of nitrogens with two attached hydrogens (primary N) is 1. The highest BCUT2D eigenvalue weighted by Gasteiger charge is 2.47. The number of benzene rings is 1. The summed E-state index contributed by atoms with van der Waals surface area (Å²) in [6.45, 7) is 12.7. The first-order valence-corrected chi connectivity index (χ1v) is 16.8. The van der Waals surface area contributed by atoms with Crippen LogP contribution in [-0.4, -0.2) is 86.1 Å². The van der Waals surface area contributed by atoms with Crippen LogP contribution >= 0.6 is 11.6 Å². The van der Waals surface area contributed by atoms with Gasteiger partial charge in [0.25, 0.3) is 0 Å². The summed E-state index contributed by atoms with van der Waals surface area (Å²) < 4.78 is 23.1.